The predicted octanol–water partition coefficient (Wildman–Crippen LogP) is 4.62. The highest BCUT2D eigenvalue weighted by Crippen LogP contribution is 2.28. The minimum absolute atomic E-state index is 0.0694. The van der Waals surface area contributed by atoms with E-state index >= 15 is 0 Å². The Labute approximate surface area is 192 Å². The van der Waals surface area contributed by atoms with Gasteiger partial charge in [-0.1, -0.05) is 54.6 Å². The minimum Gasteiger partial charge on any atom is -0.497 e. The quantitative estimate of drug-likeness (QED) is 0.540. The van der Waals surface area contributed by atoms with Gasteiger partial charge in [0.2, 0.25) is 5.91 Å². The van der Waals surface area contributed by atoms with Crippen molar-refractivity contribution in [3.05, 3.63) is 114 Å². The topological polar surface area (TPSA) is 49.9 Å². The Balaban J connectivity index is 1.67. The van der Waals surface area contributed by atoms with Crippen molar-refractivity contribution in [1.82, 2.24) is 9.80 Å². The summed E-state index contributed by atoms with van der Waals surface area (Å²) in [6.07, 6.45) is 3.82. The zero-order valence-corrected chi connectivity index (χ0v) is 18.4. The van der Waals surface area contributed by atoms with Crippen LogP contribution in [0.1, 0.15) is 27.5 Å². The van der Waals surface area contributed by atoms with Gasteiger partial charge in [-0.3, -0.25) is 9.59 Å². The van der Waals surface area contributed by atoms with Crippen molar-refractivity contribution in [2.75, 3.05) is 20.2 Å². The van der Waals surface area contributed by atoms with Crippen molar-refractivity contribution in [2.45, 2.75) is 12.6 Å². The average molecular weight is 445 g/mol. The molecule has 6 heteroatoms. The summed E-state index contributed by atoms with van der Waals surface area (Å²) >= 11 is 0. The van der Waals surface area contributed by atoms with Gasteiger partial charge in [0.25, 0.3) is 5.91 Å². The van der Waals surface area contributed by atoms with Crippen LogP contribution in [0.2, 0.25) is 0 Å². The second-order valence-corrected chi connectivity index (χ2v) is 7.85. The maximum atomic E-state index is 13.8. The van der Waals surface area contributed by atoms with Gasteiger partial charge in [0.05, 0.1) is 13.2 Å². The maximum Gasteiger partial charge on any atom is 0.254 e. The van der Waals surface area contributed by atoms with Crippen LogP contribution in [0.4, 0.5) is 4.39 Å². The van der Waals surface area contributed by atoms with Gasteiger partial charge in [-0.15, -0.1) is 0 Å². The fourth-order valence-electron chi connectivity index (χ4n) is 3.92. The molecule has 168 valence electrons. The molecule has 5 nitrogen and oxygen atoms in total. The van der Waals surface area contributed by atoms with Crippen LogP contribution in [-0.4, -0.2) is 41.8 Å². The third-order valence-electron chi connectivity index (χ3n) is 5.63. The van der Waals surface area contributed by atoms with E-state index in [2.05, 4.69) is 0 Å². The molecule has 0 N–H and O–H groups in total. The standard InChI is InChI=1S/C27H25FN2O3/c1-33-24-14-12-21(13-15-24)25-11-6-16-29(27(32)22-8-3-2-4-9-22)19-26(31)30(25)18-20-7-5-10-23(28)17-20/h2-15,17,25H,16,18-19H2,1H3/b11-6-/t25-/m1/s1. The molecule has 0 fully saturated rings. The van der Waals surface area contributed by atoms with E-state index in [0.717, 1.165) is 11.3 Å². The number of benzene rings is 3. The number of methoxy groups -OCH3 is 1. The molecule has 0 unspecified atom stereocenters. The zero-order chi connectivity index (χ0) is 23.2. The lowest BCUT2D eigenvalue weighted by molar-refractivity contribution is -0.134. The lowest BCUT2D eigenvalue weighted by Crippen LogP contribution is -2.45. The lowest BCUT2D eigenvalue weighted by Gasteiger charge is -2.34. The molecule has 1 aliphatic rings. The smallest absolute Gasteiger partial charge is 0.254 e. The van der Waals surface area contributed by atoms with E-state index in [4.69, 9.17) is 4.74 Å². The maximum absolute atomic E-state index is 13.8. The van der Waals surface area contributed by atoms with Crippen LogP contribution in [0, 0.1) is 5.82 Å². The van der Waals surface area contributed by atoms with Crippen molar-refractivity contribution in [1.29, 1.82) is 0 Å². The number of hydrogen-bond acceptors (Lipinski definition) is 3. The number of nitrogens with zero attached hydrogens (tertiary/aromatic N) is 2. The number of amides is 2. The predicted molar refractivity (Wildman–Crippen MR) is 124 cm³/mol. The molecule has 33 heavy (non-hydrogen) atoms. The van der Waals surface area contributed by atoms with E-state index in [1.54, 1.807) is 48.4 Å². The van der Waals surface area contributed by atoms with Crippen LogP contribution >= 0.6 is 0 Å². The molecule has 0 radical (unpaired) electrons. The Kier molecular flexibility index (Phi) is 6.83. The van der Waals surface area contributed by atoms with Gasteiger partial charge in [-0.05, 0) is 47.5 Å². The Morgan fingerprint density at radius 2 is 1.79 bits per heavy atom. The molecule has 1 aliphatic heterocycles. The average Bonchev–Trinajstić information content (AvgIpc) is 2.84. The van der Waals surface area contributed by atoms with Crippen molar-refractivity contribution in [3.63, 3.8) is 0 Å². The molecule has 0 aromatic heterocycles. The Hall–Kier alpha value is -3.93. The molecular formula is C27H25FN2O3. The van der Waals surface area contributed by atoms with Gasteiger partial charge in [0.1, 0.15) is 18.1 Å². The number of carbonyl (C=O) groups is 2. The largest absolute Gasteiger partial charge is 0.497 e. The van der Waals surface area contributed by atoms with E-state index in [0.29, 0.717) is 17.7 Å². The summed E-state index contributed by atoms with van der Waals surface area (Å²) in [5, 5.41) is 0. The fourth-order valence-corrected chi connectivity index (χ4v) is 3.92. The zero-order valence-electron chi connectivity index (χ0n) is 18.4. The summed E-state index contributed by atoms with van der Waals surface area (Å²) < 4.78 is 19.1. The summed E-state index contributed by atoms with van der Waals surface area (Å²) in [7, 11) is 1.60. The van der Waals surface area contributed by atoms with E-state index in [-0.39, 0.29) is 36.8 Å². The first-order valence-corrected chi connectivity index (χ1v) is 10.7. The van der Waals surface area contributed by atoms with E-state index in [9.17, 15) is 14.0 Å². The normalized spacial score (nSPS) is 17.3. The van der Waals surface area contributed by atoms with Crippen LogP contribution in [0.3, 0.4) is 0 Å². The molecule has 2 amide bonds. The van der Waals surface area contributed by atoms with Gasteiger partial charge in [0.15, 0.2) is 0 Å². The van der Waals surface area contributed by atoms with Crippen LogP contribution in [0.25, 0.3) is 0 Å². The first kappa shape index (κ1) is 22.3. The molecule has 0 bridgehead atoms. The van der Waals surface area contributed by atoms with Crippen LogP contribution < -0.4 is 4.74 Å². The van der Waals surface area contributed by atoms with Crippen LogP contribution in [0.15, 0.2) is 91.0 Å². The number of rotatable bonds is 5. The lowest BCUT2D eigenvalue weighted by atomic mass is 10.0. The van der Waals surface area contributed by atoms with Gasteiger partial charge in [-0.25, -0.2) is 4.39 Å². The summed E-state index contributed by atoms with van der Waals surface area (Å²) in [4.78, 5) is 29.7. The second-order valence-electron chi connectivity index (χ2n) is 7.85. The molecule has 1 atom stereocenters. The fraction of sp³-hybridized carbons (Fsp3) is 0.185. The molecule has 3 aromatic rings. The summed E-state index contributed by atoms with van der Waals surface area (Å²) in [6, 6.07) is 22.3. The van der Waals surface area contributed by atoms with Crippen LogP contribution in [0.5, 0.6) is 5.75 Å². The number of carbonyl (C=O) groups excluding carboxylic acids is 2. The highest BCUT2D eigenvalue weighted by Gasteiger charge is 2.29. The van der Waals surface area contributed by atoms with Crippen LogP contribution in [-0.2, 0) is 11.3 Å². The van der Waals surface area contributed by atoms with Crippen molar-refractivity contribution < 1.29 is 18.7 Å². The third-order valence-corrected chi connectivity index (χ3v) is 5.63. The van der Waals surface area contributed by atoms with Gasteiger partial charge >= 0.3 is 0 Å². The number of hydrogen-bond donors (Lipinski definition) is 0. The first-order chi connectivity index (χ1) is 16.0. The van der Waals surface area contributed by atoms with Gasteiger partial charge in [0, 0.05) is 18.7 Å². The van der Waals surface area contributed by atoms with E-state index in [1.807, 2.05) is 42.5 Å². The number of halogens is 1. The minimum atomic E-state index is -0.361. The Bertz CT molecular complexity index is 1150. The Morgan fingerprint density at radius 1 is 1.03 bits per heavy atom. The van der Waals surface area contributed by atoms with Gasteiger partial charge in [-0.2, -0.15) is 0 Å². The second kappa shape index (κ2) is 10.1. The first-order valence-electron chi connectivity index (χ1n) is 10.7. The molecule has 1 heterocycles. The van der Waals surface area contributed by atoms with Crippen molar-refractivity contribution in [2.24, 2.45) is 0 Å². The Morgan fingerprint density at radius 3 is 2.48 bits per heavy atom. The van der Waals surface area contributed by atoms with Gasteiger partial charge < -0.3 is 14.5 Å². The van der Waals surface area contributed by atoms with E-state index in [1.165, 1.54) is 17.0 Å². The molecule has 0 spiro atoms. The summed E-state index contributed by atoms with van der Waals surface area (Å²) in [6.45, 7) is 0.463. The molecule has 4 rings (SSSR count). The molecule has 0 saturated heterocycles. The highest BCUT2D eigenvalue weighted by molar-refractivity contribution is 5.96. The monoisotopic (exact) mass is 444 g/mol. The molecule has 0 aliphatic carbocycles. The highest BCUT2D eigenvalue weighted by atomic mass is 19.1. The SMILES string of the molecule is COc1ccc([C@H]2/C=C\CN(C(=O)c3ccccc3)CC(=O)N2Cc2cccc(F)c2)cc1. The van der Waals surface area contributed by atoms with E-state index < -0.39 is 0 Å². The summed E-state index contributed by atoms with van der Waals surface area (Å²) in [5.74, 6) is -0.0588. The molecule has 3 aromatic carbocycles. The van der Waals surface area contributed by atoms with Crippen molar-refractivity contribution >= 4 is 11.8 Å². The summed E-state index contributed by atoms with van der Waals surface area (Å²) in [5.41, 5.74) is 2.11. The molecule has 0 saturated carbocycles. The third kappa shape index (κ3) is 5.29. The molecular weight excluding hydrogens is 419 g/mol. The number of ether oxygens (including phenoxy) is 1. The van der Waals surface area contributed by atoms with Crippen molar-refractivity contribution in [3.8, 4) is 5.75 Å².